The molecule has 0 radical (unpaired) electrons. The highest BCUT2D eigenvalue weighted by Crippen LogP contribution is 2.27. The molecule has 2 aromatic rings. The lowest BCUT2D eigenvalue weighted by Crippen LogP contribution is -2.23. The fraction of sp³-hybridized carbons (Fsp3) is 0.133. The van der Waals surface area contributed by atoms with Gasteiger partial charge in [-0.15, -0.1) is 0 Å². The van der Waals surface area contributed by atoms with Crippen molar-refractivity contribution < 1.29 is 18.3 Å². The van der Waals surface area contributed by atoms with Gasteiger partial charge in [-0.2, -0.15) is 0 Å². The third-order valence-corrected chi connectivity index (χ3v) is 3.13. The van der Waals surface area contributed by atoms with Gasteiger partial charge in [0.2, 0.25) is 5.91 Å². The van der Waals surface area contributed by atoms with Crippen LogP contribution >= 0.6 is 11.6 Å². The van der Waals surface area contributed by atoms with Crippen molar-refractivity contribution in [1.82, 2.24) is 0 Å². The van der Waals surface area contributed by atoms with Gasteiger partial charge in [0.05, 0.1) is 18.7 Å². The maximum atomic E-state index is 13.4. The highest BCUT2D eigenvalue weighted by Gasteiger charge is 2.11. The van der Waals surface area contributed by atoms with Gasteiger partial charge in [-0.05, 0) is 30.3 Å². The zero-order valence-corrected chi connectivity index (χ0v) is 12.4. The minimum atomic E-state index is -0.833. The first-order valence-corrected chi connectivity index (χ1v) is 6.70. The average Bonchev–Trinajstić information content (AvgIpc) is 2.49. The van der Waals surface area contributed by atoms with E-state index >= 15 is 0 Å². The molecule has 0 aliphatic heterocycles. The third kappa shape index (κ3) is 3.85. The minimum Gasteiger partial charge on any atom is -0.495 e. The number of ether oxygens (including phenoxy) is 1. The zero-order valence-electron chi connectivity index (χ0n) is 11.6. The van der Waals surface area contributed by atoms with Crippen LogP contribution in [0.25, 0.3) is 0 Å². The molecule has 0 heterocycles. The molecule has 22 heavy (non-hydrogen) atoms. The van der Waals surface area contributed by atoms with Crippen LogP contribution in [0.2, 0.25) is 5.02 Å². The third-order valence-electron chi connectivity index (χ3n) is 2.83. The predicted molar refractivity (Wildman–Crippen MR) is 81.5 cm³/mol. The first-order chi connectivity index (χ1) is 10.5. The Morgan fingerprint density at radius 1 is 1.23 bits per heavy atom. The van der Waals surface area contributed by atoms with E-state index in [1.54, 1.807) is 18.2 Å². The molecule has 0 bridgehead atoms. The van der Waals surface area contributed by atoms with E-state index in [0.29, 0.717) is 16.5 Å². The number of halogens is 3. The van der Waals surface area contributed by atoms with Crippen molar-refractivity contribution in [1.29, 1.82) is 0 Å². The van der Waals surface area contributed by atoms with Crippen LogP contribution in [0.4, 0.5) is 20.2 Å². The molecular weight excluding hydrogens is 314 g/mol. The van der Waals surface area contributed by atoms with Gasteiger partial charge in [-0.1, -0.05) is 17.7 Å². The molecule has 116 valence electrons. The molecule has 1 amide bonds. The van der Waals surface area contributed by atoms with Gasteiger partial charge in [0.15, 0.2) is 0 Å². The fourth-order valence-corrected chi connectivity index (χ4v) is 2.02. The van der Waals surface area contributed by atoms with Crippen molar-refractivity contribution >= 4 is 28.9 Å². The van der Waals surface area contributed by atoms with Crippen LogP contribution in [0, 0.1) is 11.6 Å². The molecule has 0 saturated carbocycles. The number of carbonyl (C=O) groups excluding carboxylic acids is 1. The van der Waals surface area contributed by atoms with Crippen LogP contribution in [0.5, 0.6) is 5.75 Å². The molecular formula is C15H13ClF2N2O2. The van der Waals surface area contributed by atoms with Crippen LogP contribution in [0.3, 0.4) is 0 Å². The maximum absolute atomic E-state index is 13.4. The molecule has 0 atom stereocenters. The van der Waals surface area contributed by atoms with E-state index in [0.717, 1.165) is 12.1 Å². The van der Waals surface area contributed by atoms with Crippen LogP contribution in [0.1, 0.15) is 0 Å². The molecule has 0 aromatic heterocycles. The standard InChI is InChI=1S/C15H13ClF2N2O2/c1-22-13-6-5-9(7-10(13)16)19-8-14(21)20-15-11(17)3-2-4-12(15)18/h2-7,19H,8H2,1H3,(H,20,21). The maximum Gasteiger partial charge on any atom is 0.243 e. The summed E-state index contributed by atoms with van der Waals surface area (Å²) in [6.45, 7) is -0.170. The molecule has 0 fully saturated rings. The summed E-state index contributed by atoms with van der Waals surface area (Å²) >= 11 is 5.95. The summed E-state index contributed by atoms with van der Waals surface area (Å²) in [7, 11) is 1.49. The lowest BCUT2D eigenvalue weighted by molar-refractivity contribution is -0.114. The number of carbonyl (C=O) groups is 1. The number of rotatable bonds is 5. The summed E-state index contributed by atoms with van der Waals surface area (Å²) in [5, 5.41) is 5.36. The Kier molecular flexibility index (Phi) is 5.16. The molecule has 0 aliphatic rings. The molecule has 2 rings (SSSR count). The summed E-state index contributed by atoms with van der Waals surface area (Å²) in [5.74, 6) is -1.75. The summed E-state index contributed by atoms with van der Waals surface area (Å²) in [4.78, 5) is 11.7. The number of amides is 1. The lowest BCUT2D eigenvalue weighted by atomic mass is 10.3. The van der Waals surface area contributed by atoms with Gasteiger partial charge in [0, 0.05) is 5.69 Å². The first-order valence-electron chi connectivity index (χ1n) is 6.32. The number of nitrogens with one attached hydrogen (secondary N) is 2. The molecule has 0 saturated heterocycles. The quantitative estimate of drug-likeness (QED) is 0.881. The smallest absolute Gasteiger partial charge is 0.243 e. The Morgan fingerprint density at radius 2 is 1.91 bits per heavy atom. The van der Waals surface area contributed by atoms with Gasteiger partial charge in [-0.25, -0.2) is 8.78 Å². The van der Waals surface area contributed by atoms with Gasteiger partial charge in [-0.3, -0.25) is 4.79 Å². The number of methoxy groups -OCH3 is 1. The Morgan fingerprint density at radius 3 is 2.50 bits per heavy atom. The Bertz CT molecular complexity index is 675. The van der Waals surface area contributed by atoms with Crippen LogP contribution < -0.4 is 15.4 Å². The van der Waals surface area contributed by atoms with E-state index in [1.165, 1.54) is 13.2 Å². The molecule has 2 N–H and O–H groups in total. The number of anilines is 2. The minimum absolute atomic E-state index is 0.170. The van der Waals surface area contributed by atoms with Crippen molar-refractivity contribution in [2.75, 3.05) is 24.3 Å². The van der Waals surface area contributed by atoms with Crippen molar-refractivity contribution in [2.45, 2.75) is 0 Å². The van der Waals surface area contributed by atoms with E-state index in [1.807, 2.05) is 0 Å². The molecule has 0 unspecified atom stereocenters. The van der Waals surface area contributed by atoms with Gasteiger partial charge in [0.25, 0.3) is 0 Å². The van der Waals surface area contributed by atoms with Crippen LogP contribution in [-0.4, -0.2) is 19.6 Å². The summed E-state index contributed by atoms with van der Waals surface area (Å²) in [5.41, 5.74) is 0.108. The highest BCUT2D eigenvalue weighted by atomic mass is 35.5. The van der Waals surface area contributed by atoms with Gasteiger partial charge < -0.3 is 15.4 Å². The van der Waals surface area contributed by atoms with Crippen molar-refractivity contribution in [3.8, 4) is 5.75 Å². The van der Waals surface area contributed by atoms with Gasteiger partial charge >= 0.3 is 0 Å². The van der Waals surface area contributed by atoms with E-state index < -0.39 is 23.2 Å². The molecule has 4 nitrogen and oxygen atoms in total. The predicted octanol–water partition coefficient (Wildman–Crippen LogP) is 3.68. The topological polar surface area (TPSA) is 50.4 Å². The second-order valence-corrected chi connectivity index (χ2v) is 4.75. The van der Waals surface area contributed by atoms with Gasteiger partial charge in [0.1, 0.15) is 23.1 Å². The number of hydrogen-bond donors (Lipinski definition) is 2. The van der Waals surface area contributed by atoms with Crippen LogP contribution in [0.15, 0.2) is 36.4 Å². The van der Waals surface area contributed by atoms with E-state index in [4.69, 9.17) is 16.3 Å². The largest absolute Gasteiger partial charge is 0.495 e. The second kappa shape index (κ2) is 7.09. The monoisotopic (exact) mass is 326 g/mol. The number of hydrogen-bond acceptors (Lipinski definition) is 3. The Hall–Kier alpha value is -2.34. The fourth-order valence-electron chi connectivity index (χ4n) is 1.76. The van der Waals surface area contributed by atoms with Crippen LogP contribution in [-0.2, 0) is 4.79 Å². The number of para-hydroxylation sites is 1. The molecule has 7 heteroatoms. The zero-order chi connectivity index (χ0) is 16.1. The highest BCUT2D eigenvalue weighted by molar-refractivity contribution is 6.32. The number of benzene rings is 2. The Labute approximate surface area is 131 Å². The van der Waals surface area contributed by atoms with E-state index in [2.05, 4.69) is 10.6 Å². The Balaban J connectivity index is 1.97. The first kappa shape index (κ1) is 16.0. The summed E-state index contributed by atoms with van der Waals surface area (Å²) in [6, 6.07) is 8.24. The molecule has 2 aromatic carbocycles. The second-order valence-electron chi connectivity index (χ2n) is 4.35. The van der Waals surface area contributed by atoms with Crippen molar-refractivity contribution in [3.05, 3.63) is 53.1 Å². The normalized spacial score (nSPS) is 10.2. The van der Waals surface area contributed by atoms with E-state index in [-0.39, 0.29) is 6.54 Å². The molecule has 0 aliphatic carbocycles. The SMILES string of the molecule is COc1ccc(NCC(=O)Nc2c(F)cccc2F)cc1Cl. The lowest BCUT2D eigenvalue weighted by Gasteiger charge is -2.10. The summed E-state index contributed by atoms with van der Waals surface area (Å²) < 4.78 is 31.8. The van der Waals surface area contributed by atoms with E-state index in [9.17, 15) is 13.6 Å². The average molecular weight is 327 g/mol. The van der Waals surface area contributed by atoms with Crippen molar-refractivity contribution in [3.63, 3.8) is 0 Å². The van der Waals surface area contributed by atoms with Crippen molar-refractivity contribution in [2.24, 2.45) is 0 Å². The summed E-state index contributed by atoms with van der Waals surface area (Å²) in [6.07, 6.45) is 0. The molecule has 0 spiro atoms.